The van der Waals surface area contributed by atoms with Crippen LogP contribution in [-0.4, -0.2) is 21.8 Å². The first kappa shape index (κ1) is 19.2. The second-order valence-corrected chi connectivity index (χ2v) is 6.38. The molecule has 28 heavy (non-hydrogen) atoms. The first-order valence-corrected chi connectivity index (χ1v) is 9.11. The summed E-state index contributed by atoms with van der Waals surface area (Å²) in [6, 6.07) is 13.0. The molecule has 3 aromatic rings. The van der Waals surface area contributed by atoms with E-state index < -0.39 is 0 Å². The zero-order valence-electron chi connectivity index (χ0n) is 15.9. The third kappa shape index (κ3) is 4.59. The fraction of sp³-hybridized carbons (Fsp3) is 0.182. The van der Waals surface area contributed by atoms with Crippen molar-refractivity contribution in [1.29, 1.82) is 0 Å². The van der Waals surface area contributed by atoms with E-state index in [1.807, 2.05) is 50.2 Å². The van der Waals surface area contributed by atoms with Crippen molar-refractivity contribution in [3.8, 4) is 0 Å². The van der Waals surface area contributed by atoms with Crippen LogP contribution < -0.4 is 10.6 Å². The summed E-state index contributed by atoms with van der Waals surface area (Å²) < 4.78 is 0. The monoisotopic (exact) mass is 374 g/mol. The van der Waals surface area contributed by atoms with Gasteiger partial charge < -0.3 is 10.6 Å². The van der Waals surface area contributed by atoms with Gasteiger partial charge in [-0.2, -0.15) is 0 Å². The average molecular weight is 374 g/mol. The van der Waals surface area contributed by atoms with Gasteiger partial charge in [-0.1, -0.05) is 31.2 Å². The number of pyridine rings is 2. The summed E-state index contributed by atoms with van der Waals surface area (Å²) in [6.07, 6.45) is 5.38. The second kappa shape index (κ2) is 8.90. The van der Waals surface area contributed by atoms with Crippen LogP contribution in [0.2, 0.25) is 0 Å². The third-order valence-electron chi connectivity index (χ3n) is 4.40. The number of aryl methyl sites for hydroxylation is 2. The number of anilines is 1. The summed E-state index contributed by atoms with van der Waals surface area (Å²) in [4.78, 5) is 33.3. The standard InChI is InChI=1S/C22H22N4O2/c1-3-16-8-6-7-15(2)20(16)26-22(28)18-11-17(12-23-13-18)21(27)25-14-19-9-4-5-10-24-19/h4-13H,3,14H2,1-2H3,(H,25,27)(H,26,28). The van der Waals surface area contributed by atoms with Crippen molar-refractivity contribution in [3.05, 3.63) is 89.0 Å². The van der Waals surface area contributed by atoms with E-state index in [2.05, 4.69) is 20.6 Å². The van der Waals surface area contributed by atoms with Crippen molar-refractivity contribution < 1.29 is 9.59 Å². The molecule has 142 valence electrons. The first-order chi connectivity index (χ1) is 13.6. The topological polar surface area (TPSA) is 84.0 Å². The second-order valence-electron chi connectivity index (χ2n) is 6.38. The van der Waals surface area contributed by atoms with Crippen molar-refractivity contribution in [3.63, 3.8) is 0 Å². The van der Waals surface area contributed by atoms with Gasteiger partial charge in [-0.15, -0.1) is 0 Å². The minimum absolute atomic E-state index is 0.295. The number of rotatable bonds is 6. The quantitative estimate of drug-likeness (QED) is 0.691. The lowest BCUT2D eigenvalue weighted by Crippen LogP contribution is -2.24. The van der Waals surface area contributed by atoms with Gasteiger partial charge in [0.25, 0.3) is 11.8 Å². The zero-order valence-corrected chi connectivity index (χ0v) is 15.9. The fourth-order valence-electron chi connectivity index (χ4n) is 2.85. The maximum absolute atomic E-state index is 12.7. The smallest absolute Gasteiger partial charge is 0.257 e. The molecule has 0 aliphatic carbocycles. The Hall–Kier alpha value is -3.54. The van der Waals surface area contributed by atoms with Gasteiger partial charge in [0, 0.05) is 24.3 Å². The number of nitrogens with one attached hydrogen (secondary N) is 2. The maximum Gasteiger partial charge on any atom is 0.257 e. The molecule has 0 fully saturated rings. The van der Waals surface area contributed by atoms with Crippen molar-refractivity contribution >= 4 is 17.5 Å². The van der Waals surface area contributed by atoms with Crippen molar-refractivity contribution in [1.82, 2.24) is 15.3 Å². The molecule has 0 bridgehead atoms. The summed E-state index contributed by atoms with van der Waals surface area (Å²) in [5.41, 5.74) is 4.26. The van der Waals surface area contributed by atoms with Crippen molar-refractivity contribution in [2.75, 3.05) is 5.32 Å². The molecule has 0 spiro atoms. The molecule has 0 saturated carbocycles. The van der Waals surface area contributed by atoms with Gasteiger partial charge in [-0.05, 0) is 42.7 Å². The molecule has 1 aromatic carbocycles. The molecule has 2 aromatic heterocycles. The van der Waals surface area contributed by atoms with Crippen molar-refractivity contribution in [2.45, 2.75) is 26.8 Å². The number of para-hydroxylation sites is 1. The highest BCUT2D eigenvalue weighted by molar-refractivity contribution is 6.06. The van der Waals surface area contributed by atoms with Crippen LogP contribution >= 0.6 is 0 Å². The Morgan fingerprint density at radius 3 is 2.50 bits per heavy atom. The average Bonchev–Trinajstić information content (AvgIpc) is 2.74. The Bertz CT molecular complexity index is 987. The van der Waals surface area contributed by atoms with Crippen LogP contribution in [0.5, 0.6) is 0 Å². The molecule has 0 aliphatic rings. The zero-order chi connectivity index (χ0) is 19.9. The van der Waals surface area contributed by atoms with E-state index in [0.29, 0.717) is 17.7 Å². The molecular formula is C22H22N4O2. The number of nitrogens with zero attached hydrogens (tertiary/aromatic N) is 2. The number of hydrogen-bond donors (Lipinski definition) is 2. The van der Waals surface area contributed by atoms with Gasteiger partial charge in [0.05, 0.1) is 23.4 Å². The fourth-order valence-corrected chi connectivity index (χ4v) is 2.85. The molecular weight excluding hydrogens is 352 g/mol. The summed E-state index contributed by atoms with van der Waals surface area (Å²) >= 11 is 0. The predicted octanol–water partition coefficient (Wildman–Crippen LogP) is 3.53. The highest BCUT2D eigenvalue weighted by atomic mass is 16.2. The Morgan fingerprint density at radius 2 is 1.79 bits per heavy atom. The Morgan fingerprint density at radius 1 is 1.00 bits per heavy atom. The van der Waals surface area contributed by atoms with E-state index >= 15 is 0 Å². The van der Waals surface area contributed by atoms with Gasteiger partial charge >= 0.3 is 0 Å². The van der Waals surface area contributed by atoms with E-state index in [1.165, 1.54) is 12.4 Å². The molecule has 0 saturated heterocycles. The van der Waals surface area contributed by atoms with E-state index in [0.717, 1.165) is 28.9 Å². The molecule has 0 atom stereocenters. The Balaban J connectivity index is 1.72. The normalized spacial score (nSPS) is 10.4. The minimum Gasteiger partial charge on any atom is -0.346 e. The van der Waals surface area contributed by atoms with Crippen LogP contribution in [0, 0.1) is 6.92 Å². The lowest BCUT2D eigenvalue weighted by molar-refractivity contribution is 0.0950. The van der Waals surface area contributed by atoms with Gasteiger partial charge in [0.1, 0.15) is 0 Å². The lowest BCUT2D eigenvalue weighted by atomic mass is 10.1. The summed E-state index contributed by atoms with van der Waals surface area (Å²) in [5.74, 6) is -0.603. The number of amides is 2. The van der Waals surface area contributed by atoms with Crippen LogP contribution in [0.25, 0.3) is 0 Å². The highest BCUT2D eigenvalue weighted by Crippen LogP contribution is 2.22. The van der Waals surface area contributed by atoms with Crippen LogP contribution in [0.4, 0.5) is 5.69 Å². The molecule has 0 radical (unpaired) electrons. The van der Waals surface area contributed by atoms with E-state index in [4.69, 9.17) is 0 Å². The van der Waals surface area contributed by atoms with Crippen molar-refractivity contribution in [2.24, 2.45) is 0 Å². The molecule has 2 heterocycles. The third-order valence-corrected chi connectivity index (χ3v) is 4.40. The van der Waals surface area contributed by atoms with E-state index in [-0.39, 0.29) is 11.8 Å². The molecule has 6 heteroatoms. The summed E-state index contributed by atoms with van der Waals surface area (Å²) in [7, 11) is 0. The molecule has 0 unspecified atom stereocenters. The minimum atomic E-state index is -0.307. The summed E-state index contributed by atoms with van der Waals surface area (Å²) in [6.45, 7) is 4.30. The number of carbonyl (C=O) groups excluding carboxylic acids is 2. The van der Waals surface area contributed by atoms with Gasteiger partial charge in [-0.3, -0.25) is 19.6 Å². The Labute approximate surface area is 164 Å². The highest BCUT2D eigenvalue weighted by Gasteiger charge is 2.14. The SMILES string of the molecule is CCc1cccc(C)c1NC(=O)c1cncc(C(=O)NCc2ccccn2)c1. The molecule has 3 rings (SSSR count). The van der Waals surface area contributed by atoms with Crippen LogP contribution in [0.3, 0.4) is 0 Å². The molecule has 2 N–H and O–H groups in total. The van der Waals surface area contributed by atoms with Gasteiger partial charge in [0.2, 0.25) is 0 Å². The number of benzene rings is 1. The molecule has 0 aliphatic heterocycles. The van der Waals surface area contributed by atoms with Gasteiger partial charge in [-0.25, -0.2) is 0 Å². The lowest BCUT2D eigenvalue weighted by Gasteiger charge is -2.13. The van der Waals surface area contributed by atoms with Crippen LogP contribution in [-0.2, 0) is 13.0 Å². The largest absolute Gasteiger partial charge is 0.346 e. The Kier molecular flexibility index (Phi) is 6.11. The number of carbonyl (C=O) groups is 2. The predicted molar refractivity (Wildman–Crippen MR) is 108 cm³/mol. The van der Waals surface area contributed by atoms with E-state index in [9.17, 15) is 9.59 Å². The molecule has 6 nitrogen and oxygen atoms in total. The summed E-state index contributed by atoms with van der Waals surface area (Å²) in [5, 5.41) is 5.73. The van der Waals surface area contributed by atoms with Gasteiger partial charge in [0.15, 0.2) is 0 Å². The van der Waals surface area contributed by atoms with Crippen LogP contribution in [0.1, 0.15) is 44.5 Å². The number of aromatic nitrogens is 2. The van der Waals surface area contributed by atoms with Crippen LogP contribution in [0.15, 0.2) is 61.1 Å². The number of hydrogen-bond acceptors (Lipinski definition) is 4. The first-order valence-electron chi connectivity index (χ1n) is 9.11. The van der Waals surface area contributed by atoms with E-state index in [1.54, 1.807) is 12.3 Å². The molecule has 2 amide bonds. The maximum atomic E-state index is 12.7.